The van der Waals surface area contributed by atoms with E-state index in [1.165, 1.54) is 0 Å². The first-order valence-electron chi connectivity index (χ1n) is 6.36. The number of nitrogen functional groups attached to an aromatic ring is 1. The van der Waals surface area contributed by atoms with Crippen LogP contribution in [0.15, 0.2) is 24.4 Å². The van der Waals surface area contributed by atoms with Crippen molar-refractivity contribution in [2.24, 2.45) is 0 Å². The number of pyridine rings is 1. The zero-order valence-corrected chi connectivity index (χ0v) is 11.4. The van der Waals surface area contributed by atoms with Gasteiger partial charge in [-0.1, -0.05) is 0 Å². The molecule has 0 bridgehead atoms. The number of nitrogens with zero attached hydrogens (tertiary/aromatic N) is 2. The molecule has 2 unspecified atom stereocenters. The van der Waals surface area contributed by atoms with Crippen molar-refractivity contribution >= 4 is 11.6 Å². The first-order valence-corrected chi connectivity index (χ1v) is 6.36. The quantitative estimate of drug-likeness (QED) is 0.565. The third-order valence-corrected chi connectivity index (χ3v) is 4.61. The molecule has 2 aliphatic rings. The van der Waals surface area contributed by atoms with E-state index in [0.717, 1.165) is 17.3 Å². The Morgan fingerprint density at radius 1 is 1.33 bits per heavy atom. The molecule has 2 aliphatic heterocycles. The van der Waals surface area contributed by atoms with E-state index in [9.17, 15) is 0 Å². The molecule has 4 heteroatoms. The molecule has 1 spiro atoms. The van der Waals surface area contributed by atoms with Crippen LogP contribution in [0.25, 0.3) is 0 Å². The van der Waals surface area contributed by atoms with E-state index in [1.807, 2.05) is 6.07 Å². The number of ether oxygens (including phenoxy) is 1. The maximum Gasteiger partial charge on any atom is 0.278 e. The first-order chi connectivity index (χ1) is 8.31. The summed E-state index contributed by atoms with van der Waals surface area (Å²) >= 11 is 0. The van der Waals surface area contributed by atoms with Crippen LogP contribution in [0.1, 0.15) is 27.7 Å². The summed E-state index contributed by atoms with van der Waals surface area (Å²) in [6.07, 6.45) is 0. The van der Waals surface area contributed by atoms with Crippen LogP contribution in [0.2, 0.25) is 0 Å². The van der Waals surface area contributed by atoms with Crippen LogP contribution in [0.5, 0.6) is 5.75 Å². The number of rotatable bonds is 0. The van der Waals surface area contributed by atoms with Gasteiger partial charge >= 0.3 is 0 Å². The molecule has 3 rings (SSSR count). The second-order valence-electron chi connectivity index (χ2n) is 5.88. The Morgan fingerprint density at radius 3 is 2.50 bits per heavy atom. The fraction of sp³-hybridized carbons (Fsp3) is 0.500. The average Bonchev–Trinajstić information content (AvgIpc) is 2.82. The summed E-state index contributed by atoms with van der Waals surface area (Å²) in [5, 5.41) is 0. The lowest BCUT2D eigenvalue weighted by Crippen LogP contribution is -2.48. The molecule has 2 N–H and O–H groups in total. The number of aromatic nitrogens is 1. The molecule has 2 atom stereocenters. The van der Waals surface area contributed by atoms with Crippen LogP contribution in [0.3, 0.4) is 0 Å². The van der Waals surface area contributed by atoms with Gasteiger partial charge in [0, 0.05) is 0 Å². The zero-order chi connectivity index (χ0) is 13.3. The number of nitrogens with two attached hydrogens (primary N) is 1. The highest BCUT2D eigenvalue weighted by Gasteiger charge is 2.71. The molecular formula is C14H20N3O+. The molecule has 1 aromatic rings. The SMILES string of the molecule is C=C1C(C)(C)Oc2ccc(N)nc2[N+]12C(C)C2C. The van der Waals surface area contributed by atoms with Gasteiger partial charge in [-0.05, 0) is 46.4 Å². The van der Waals surface area contributed by atoms with E-state index in [4.69, 9.17) is 10.5 Å². The van der Waals surface area contributed by atoms with Crippen molar-refractivity contribution in [2.75, 3.05) is 5.73 Å². The van der Waals surface area contributed by atoms with Gasteiger partial charge in [0.05, 0.1) is 0 Å². The van der Waals surface area contributed by atoms with E-state index in [2.05, 4.69) is 39.3 Å². The van der Waals surface area contributed by atoms with Crippen LogP contribution in [-0.2, 0) is 0 Å². The Balaban J connectivity index is 2.26. The summed E-state index contributed by atoms with van der Waals surface area (Å²) in [4.78, 5) is 4.51. The number of hydrogen-bond donors (Lipinski definition) is 1. The Bertz CT molecular complexity index is 542. The molecule has 0 aliphatic carbocycles. The van der Waals surface area contributed by atoms with Gasteiger partial charge in [-0.3, -0.25) is 0 Å². The Hall–Kier alpha value is -1.55. The topological polar surface area (TPSA) is 48.1 Å². The van der Waals surface area contributed by atoms with Gasteiger partial charge in [0.2, 0.25) is 5.75 Å². The normalized spacial score (nSPS) is 36.1. The lowest BCUT2D eigenvalue weighted by atomic mass is 10.0. The lowest BCUT2D eigenvalue weighted by Gasteiger charge is -2.38. The molecule has 1 saturated heterocycles. The molecule has 1 aromatic heterocycles. The van der Waals surface area contributed by atoms with Crippen LogP contribution in [0, 0.1) is 0 Å². The van der Waals surface area contributed by atoms with Crippen molar-refractivity contribution in [1.82, 2.24) is 9.47 Å². The van der Waals surface area contributed by atoms with Crippen molar-refractivity contribution in [1.29, 1.82) is 0 Å². The first kappa shape index (κ1) is 11.5. The molecule has 0 amide bonds. The van der Waals surface area contributed by atoms with Crippen LogP contribution < -0.4 is 15.0 Å². The van der Waals surface area contributed by atoms with Crippen LogP contribution in [-0.4, -0.2) is 22.7 Å². The van der Waals surface area contributed by atoms with E-state index in [0.29, 0.717) is 22.4 Å². The number of hydrogen-bond acceptors (Lipinski definition) is 3. The molecule has 0 aromatic carbocycles. The Kier molecular flexibility index (Phi) is 1.96. The molecule has 0 radical (unpaired) electrons. The third-order valence-electron chi connectivity index (χ3n) is 4.61. The van der Waals surface area contributed by atoms with E-state index >= 15 is 0 Å². The maximum absolute atomic E-state index is 6.03. The van der Waals surface area contributed by atoms with E-state index in [1.54, 1.807) is 6.07 Å². The van der Waals surface area contributed by atoms with E-state index < -0.39 is 0 Å². The highest BCUT2D eigenvalue weighted by atomic mass is 16.5. The Labute approximate surface area is 108 Å². The zero-order valence-electron chi connectivity index (χ0n) is 11.4. The van der Waals surface area contributed by atoms with Gasteiger partial charge in [0.1, 0.15) is 5.82 Å². The predicted molar refractivity (Wildman–Crippen MR) is 73.2 cm³/mol. The van der Waals surface area contributed by atoms with Crippen molar-refractivity contribution < 1.29 is 4.74 Å². The van der Waals surface area contributed by atoms with Crippen molar-refractivity contribution in [2.45, 2.75) is 45.4 Å². The van der Waals surface area contributed by atoms with Gasteiger partial charge in [-0.2, -0.15) is 4.98 Å². The van der Waals surface area contributed by atoms with Crippen molar-refractivity contribution in [3.05, 3.63) is 24.4 Å². The van der Waals surface area contributed by atoms with Crippen molar-refractivity contribution in [3.8, 4) is 5.75 Å². The average molecular weight is 246 g/mol. The fourth-order valence-electron chi connectivity index (χ4n) is 3.27. The number of quaternary nitrogens is 1. The summed E-state index contributed by atoms with van der Waals surface area (Å²) in [5.74, 6) is 2.28. The van der Waals surface area contributed by atoms with Gasteiger partial charge in [0.25, 0.3) is 5.82 Å². The molecule has 0 saturated carbocycles. The second kappa shape index (κ2) is 3.06. The summed E-state index contributed by atoms with van der Waals surface area (Å²) in [5.41, 5.74) is 6.52. The van der Waals surface area contributed by atoms with Crippen LogP contribution >= 0.6 is 0 Å². The van der Waals surface area contributed by atoms with Gasteiger partial charge in [0.15, 0.2) is 23.4 Å². The van der Waals surface area contributed by atoms with Gasteiger partial charge in [-0.25, -0.2) is 4.48 Å². The highest BCUT2D eigenvalue weighted by molar-refractivity contribution is 5.65. The van der Waals surface area contributed by atoms with Gasteiger partial charge in [-0.15, -0.1) is 0 Å². The van der Waals surface area contributed by atoms with Crippen molar-refractivity contribution in [3.63, 3.8) is 0 Å². The fourth-order valence-corrected chi connectivity index (χ4v) is 3.27. The third kappa shape index (κ3) is 1.11. The molecular weight excluding hydrogens is 226 g/mol. The summed E-state index contributed by atoms with van der Waals surface area (Å²) in [6.45, 7) is 12.9. The van der Waals surface area contributed by atoms with E-state index in [-0.39, 0.29) is 5.60 Å². The number of fused-ring (bicyclic) bond motifs is 2. The minimum Gasteiger partial charge on any atom is -0.470 e. The molecule has 18 heavy (non-hydrogen) atoms. The number of anilines is 1. The summed E-state index contributed by atoms with van der Waals surface area (Å²) < 4.78 is 6.74. The smallest absolute Gasteiger partial charge is 0.278 e. The predicted octanol–water partition coefficient (Wildman–Crippen LogP) is 2.45. The van der Waals surface area contributed by atoms with Crippen LogP contribution in [0.4, 0.5) is 11.6 Å². The largest absolute Gasteiger partial charge is 0.470 e. The summed E-state index contributed by atoms with van der Waals surface area (Å²) in [6, 6.07) is 4.67. The minimum absolute atomic E-state index is 0.371. The lowest BCUT2D eigenvalue weighted by molar-refractivity contribution is 0.108. The molecule has 1 fully saturated rings. The minimum atomic E-state index is -0.371. The molecule has 96 valence electrons. The maximum atomic E-state index is 6.03. The highest BCUT2D eigenvalue weighted by Crippen LogP contribution is 2.57. The second-order valence-corrected chi connectivity index (χ2v) is 5.88. The summed E-state index contributed by atoms with van der Waals surface area (Å²) in [7, 11) is 0. The molecule has 4 nitrogen and oxygen atoms in total. The standard InChI is InChI=1S/C14H20N3O/c1-8-9(2)17(8)10(3)14(4,5)18-11-6-7-12(15)16-13(11)17/h6-9H,3H2,1-2,4-5H3,(H2,15,16)/q+1. The monoisotopic (exact) mass is 246 g/mol. The van der Waals surface area contributed by atoms with Gasteiger partial charge < -0.3 is 10.5 Å². The Morgan fingerprint density at radius 2 is 1.94 bits per heavy atom. The molecule has 3 heterocycles.